The number of aromatic nitrogens is 2. The van der Waals surface area contributed by atoms with Crippen LogP contribution in [-0.4, -0.2) is 34.2 Å². The average molecular weight is 383 g/mol. The van der Waals surface area contributed by atoms with Gasteiger partial charge in [-0.1, -0.05) is 29.8 Å². The van der Waals surface area contributed by atoms with Crippen LogP contribution >= 0.6 is 0 Å². The zero-order valence-electron chi connectivity index (χ0n) is 17.4. The van der Waals surface area contributed by atoms with Gasteiger partial charge in [-0.05, 0) is 46.3 Å². The van der Waals surface area contributed by atoms with Gasteiger partial charge in [0.1, 0.15) is 0 Å². The first-order valence-electron chi connectivity index (χ1n) is 9.61. The van der Waals surface area contributed by atoms with Crippen molar-refractivity contribution in [2.24, 2.45) is 0 Å². The molecular formula is C22H30N4O2. The Morgan fingerprint density at radius 2 is 1.82 bits per heavy atom. The summed E-state index contributed by atoms with van der Waals surface area (Å²) in [5, 5.41) is 10.1. The van der Waals surface area contributed by atoms with Gasteiger partial charge in [0.05, 0.1) is 12.2 Å². The van der Waals surface area contributed by atoms with Gasteiger partial charge in [0.25, 0.3) is 0 Å². The second-order valence-corrected chi connectivity index (χ2v) is 7.32. The third-order valence-electron chi connectivity index (χ3n) is 4.39. The molecule has 150 valence electrons. The number of carbonyl (C=O) groups is 2. The maximum atomic E-state index is 12.0. The summed E-state index contributed by atoms with van der Waals surface area (Å²) in [6.45, 7) is 10.8. The van der Waals surface area contributed by atoms with Crippen molar-refractivity contribution in [1.82, 2.24) is 20.4 Å². The number of hydrogen-bond acceptors (Lipinski definition) is 3. The molecule has 0 unspecified atom stereocenters. The lowest BCUT2D eigenvalue weighted by molar-refractivity contribution is -0.121. The minimum absolute atomic E-state index is 0.0663. The van der Waals surface area contributed by atoms with Crippen molar-refractivity contribution in [3.63, 3.8) is 0 Å². The highest BCUT2D eigenvalue weighted by Crippen LogP contribution is 2.16. The summed E-state index contributed by atoms with van der Waals surface area (Å²) in [6.07, 6.45) is 3.55. The second-order valence-electron chi connectivity index (χ2n) is 7.32. The van der Waals surface area contributed by atoms with E-state index in [0.717, 1.165) is 17.0 Å². The third-order valence-corrected chi connectivity index (χ3v) is 4.39. The molecule has 0 aliphatic rings. The summed E-state index contributed by atoms with van der Waals surface area (Å²) >= 11 is 0. The summed E-state index contributed by atoms with van der Waals surface area (Å²) in [7, 11) is 0. The first-order valence-corrected chi connectivity index (χ1v) is 9.61. The molecule has 6 heteroatoms. The van der Waals surface area contributed by atoms with Crippen molar-refractivity contribution < 1.29 is 9.59 Å². The quantitative estimate of drug-likeness (QED) is 0.689. The molecule has 0 saturated carbocycles. The molecule has 0 fully saturated rings. The summed E-state index contributed by atoms with van der Waals surface area (Å²) in [4.78, 5) is 23.6. The van der Waals surface area contributed by atoms with Crippen LogP contribution in [0.2, 0.25) is 0 Å². The van der Waals surface area contributed by atoms with E-state index in [1.54, 1.807) is 6.08 Å². The predicted molar refractivity (Wildman–Crippen MR) is 112 cm³/mol. The van der Waals surface area contributed by atoms with E-state index in [2.05, 4.69) is 46.9 Å². The summed E-state index contributed by atoms with van der Waals surface area (Å²) in [5.74, 6) is -0.286. The van der Waals surface area contributed by atoms with Crippen LogP contribution in [0.4, 0.5) is 0 Å². The monoisotopic (exact) mass is 382 g/mol. The Hall–Kier alpha value is -2.89. The Morgan fingerprint density at radius 1 is 1.14 bits per heavy atom. The molecular weight excluding hydrogens is 352 g/mol. The number of rotatable bonds is 8. The number of aryl methyl sites for hydroxylation is 2. The molecule has 2 aromatic rings. The van der Waals surface area contributed by atoms with Crippen LogP contribution in [0.3, 0.4) is 0 Å². The van der Waals surface area contributed by atoms with Gasteiger partial charge in [-0.3, -0.25) is 14.3 Å². The molecule has 0 aliphatic heterocycles. The Kier molecular flexibility index (Phi) is 7.55. The summed E-state index contributed by atoms with van der Waals surface area (Å²) < 4.78 is 1.95. The molecule has 0 radical (unpaired) electrons. The molecule has 2 N–H and O–H groups in total. The van der Waals surface area contributed by atoms with E-state index in [0.29, 0.717) is 13.1 Å². The zero-order chi connectivity index (χ0) is 20.7. The maximum absolute atomic E-state index is 12.0. The Morgan fingerprint density at radius 3 is 2.46 bits per heavy atom. The third kappa shape index (κ3) is 6.37. The van der Waals surface area contributed by atoms with Gasteiger partial charge in [0.2, 0.25) is 11.8 Å². The number of nitrogens with one attached hydrogen (secondary N) is 2. The highest BCUT2D eigenvalue weighted by Gasteiger charge is 2.10. The van der Waals surface area contributed by atoms with Crippen molar-refractivity contribution in [3.8, 4) is 0 Å². The van der Waals surface area contributed by atoms with Crippen molar-refractivity contribution >= 4 is 17.9 Å². The summed E-state index contributed by atoms with van der Waals surface area (Å²) in [6, 6.07) is 8.49. The maximum Gasteiger partial charge on any atom is 0.244 e. The smallest absolute Gasteiger partial charge is 0.244 e. The fourth-order valence-electron chi connectivity index (χ4n) is 2.88. The van der Waals surface area contributed by atoms with Crippen LogP contribution in [0, 0.1) is 20.8 Å². The molecule has 0 bridgehead atoms. The molecule has 2 rings (SSSR count). The molecule has 0 aliphatic carbocycles. The molecule has 28 heavy (non-hydrogen) atoms. The molecule has 1 aromatic heterocycles. The van der Waals surface area contributed by atoms with E-state index < -0.39 is 0 Å². The minimum Gasteiger partial charge on any atom is -0.354 e. The van der Waals surface area contributed by atoms with E-state index in [1.165, 1.54) is 17.2 Å². The molecule has 0 spiro atoms. The number of hydrogen-bond donors (Lipinski definition) is 2. The SMILES string of the molecule is Cc1ccc(Cn2nc(C)c(/C=C/C(=O)NCCC(=O)NC(C)C)c2C)cc1. The van der Waals surface area contributed by atoms with Gasteiger partial charge < -0.3 is 10.6 Å². The lowest BCUT2D eigenvalue weighted by Crippen LogP contribution is -2.33. The minimum atomic E-state index is -0.220. The molecule has 2 amide bonds. The van der Waals surface area contributed by atoms with E-state index in [1.807, 2.05) is 32.4 Å². The first-order chi connectivity index (χ1) is 13.3. The predicted octanol–water partition coefficient (Wildman–Crippen LogP) is 2.90. The largest absolute Gasteiger partial charge is 0.354 e. The normalized spacial score (nSPS) is 11.2. The van der Waals surface area contributed by atoms with Crippen LogP contribution in [0.25, 0.3) is 6.08 Å². The molecule has 1 aromatic carbocycles. The fourth-order valence-corrected chi connectivity index (χ4v) is 2.88. The van der Waals surface area contributed by atoms with Crippen LogP contribution in [-0.2, 0) is 16.1 Å². The Bertz CT molecular complexity index is 848. The number of carbonyl (C=O) groups excluding carboxylic acids is 2. The molecule has 1 heterocycles. The Balaban J connectivity index is 1.94. The summed E-state index contributed by atoms with van der Waals surface area (Å²) in [5.41, 5.74) is 5.25. The van der Waals surface area contributed by atoms with Crippen molar-refractivity contribution in [2.45, 2.75) is 53.6 Å². The van der Waals surface area contributed by atoms with Crippen LogP contribution < -0.4 is 10.6 Å². The standard InChI is InChI=1S/C22H30N4O2/c1-15(2)24-22(28)12-13-23-21(27)11-10-20-17(4)25-26(18(20)5)14-19-8-6-16(3)7-9-19/h6-11,15H,12-14H2,1-5H3,(H,23,27)(H,24,28)/b11-10+. The van der Waals surface area contributed by atoms with Crippen molar-refractivity contribution in [1.29, 1.82) is 0 Å². The van der Waals surface area contributed by atoms with Gasteiger partial charge in [-0.2, -0.15) is 5.10 Å². The van der Waals surface area contributed by atoms with Crippen molar-refractivity contribution in [2.75, 3.05) is 6.54 Å². The second kappa shape index (κ2) is 9.88. The van der Waals surface area contributed by atoms with Crippen LogP contribution in [0.5, 0.6) is 0 Å². The number of amides is 2. The van der Waals surface area contributed by atoms with E-state index >= 15 is 0 Å². The van der Waals surface area contributed by atoms with E-state index in [9.17, 15) is 9.59 Å². The highest BCUT2D eigenvalue weighted by molar-refractivity contribution is 5.92. The van der Waals surface area contributed by atoms with Gasteiger partial charge in [-0.15, -0.1) is 0 Å². The fraction of sp³-hybridized carbons (Fsp3) is 0.409. The van der Waals surface area contributed by atoms with Crippen LogP contribution in [0.15, 0.2) is 30.3 Å². The van der Waals surface area contributed by atoms with Crippen molar-refractivity contribution in [3.05, 3.63) is 58.4 Å². The first kappa shape index (κ1) is 21.4. The van der Waals surface area contributed by atoms with Crippen LogP contribution in [0.1, 0.15) is 48.3 Å². The average Bonchev–Trinajstić information content (AvgIpc) is 2.88. The molecule has 6 nitrogen and oxygen atoms in total. The van der Waals surface area contributed by atoms with Gasteiger partial charge in [0.15, 0.2) is 0 Å². The lowest BCUT2D eigenvalue weighted by Gasteiger charge is -2.08. The number of benzene rings is 1. The topological polar surface area (TPSA) is 76.0 Å². The Labute approximate surface area is 167 Å². The van der Waals surface area contributed by atoms with Gasteiger partial charge in [0, 0.05) is 36.3 Å². The highest BCUT2D eigenvalue weighted by atomic mass is 16.2. The number of nitrogens with zero attached hydrogens (tertiary/aromatic N) is 2. The lowest BCUT2D eigenvalue weighted by atomic mass is 10.1. The van der Waals surface area contributed by atoms with E-state index in [4.69, 9.17) is 0 Å². The zero-order valence-corrected chi connectivity index (χ0v) is 17.4. The molecule has 0 saturated heterocycles. The van der Waals surface area contributed by atoms with Gasteiger partial charge >= 0.3 is 0 Å². The van der Waals surface area contributed by atoms with Gasteiger partial charge in [-0.25, -0.2) is 0 Å². The molecule has 0 atom stereocenters. The van der Waals surface area contributed by atoms with E-state index in [-0.39, 0.29) is 24.3 Å².